The molecule has 0 bridgehead atoms. The van der Waals surface area contributed by atoms with Crippen LogP contribution in [0.25, 0.3) is 0 Å². The third kappa shape index (κ3) is 6.69. The summed E-state index contributed by atoms with van der Waals surface area (Å²) in [6, 6.07) is 6.46. The smallest absolute Gasteiger partial charge is 0.123 e. The number of ether oxygens (including phenoxy) is 1. The highest BCUT2D eigenvalue weighted by Gasteiger charge is 2.04. The van der Waals surface area contributed by atoms with Gasteiger partial charge >= 0.3 is 0 Å². The fourth-order valence-electron chi connectivity index (χ4n) is 1.51. The molecule has 0 aromatic heterocycles. The van der Waals surface area contributed by atoms with E-state index in [-0.39, 0.29) is 11.9 Å². The van der Waals surface area contributed by atoms with Gasteiger partial charge in [0.1, 0.15) is 5.82 Å². The molecule has 1 atom stereocenters. The van der Waals surface area contributed by atoms with Gasteiger partial charge in [0.15, 0.2) is 0 Å². The van der Waals surface area contributed by atoms with Crippen LogP contribution in [0.15, 0.2) is 24.3 Å². The van der Waals surface area contributed by atoms with Gasteiger partial charge in [-0.2, -0.15) is 0 Å². The Labute approximate surface area is 108 Å². The minimum absolute atomic E-state index is 0.138. The maximum Gasteiger partial charge on any atom is 0.123 e. The lowest BCUT2D eigenvalue weighted by atomic mass is 10.1. The second-order valence-electron chi connectivity index (χ2n) is 4.62. The molecule has 1 rings (SSSR count). The number of halogens is 1. The Hall–Kier alpha value is -0.970. The van der Waals surface area contributed by atoms with Crippen molar-refractivity contribution in [3.8, 4) is 0 Å². The van der Waals surface area contributed by atoms with Crippen LogP contribution in [0.1, 0.15) is 19.4 Å². The molecule has 3 nitrogen and oxygen atoms in total. The second-order valence-corrected chi connectivity index (χ2v) is 4.62. The first-order chi connectivity index (χ1) is 8.58. The number of benzene rings is 1. The molecule has 0 radical (unpaired) electrons. The molecular formula is C14H22FNO2. The zero-order chi connectivity index (χ0) is 13.4. The van der Waals surface area contributed by atoms with Crippen molar-refractivity contribution in [3.05, 3.63) is 35.6 Å². The van der Waals surface area contributed by atoms with Crippen LogP contribution in [0.3, 0.4) is 0 Å². The van der Waals surface area contributed by atoms with Crippen LogP contribution in [-0.2, 0) is 11.2 Å². The number of hydrogen-bond donors (Lipinski definition) is 2. The molecule has 1 aromatic rings. The molecule has 0 aliphatic rings. The zero-order valence-electron chi connectivity index (χ0n) is 11.0. The summed E-state index contributed by atoms with van der Waals surface area (Å²) < 4.78 is 18.0. The van der Waals surface area contributed by atoms with Crippen LogP contribution >= 0.6 is 0 Å². The van der Waals surface area contributed by atoms with Gasteiger partial charge in [-0.25, -0.2) is 4.39 Å². The third-order valence-electron chi connectivity index (χ3n) is 2.51. The average Bonchev–Trinajstić information content (AvgIpc) is 2.34. The van der Waals surface area contributed by atoms with E-state index >= 15 is 0 Å². The maximum absolute atomic E-state index is 12.7. The summed E-state index contributed by atoms with van der Waals surface area (Å²) in [6.45, 7) is 5.49. The SMILES string of the molecule is CC(C)OCC(O)CNCCc1ccc(F)cc1. The molecule has 0 heterocycles. The van der Waals surface area contributed by atoms with E-state index in [9.17, 15) is 9.50 Å². The molecule has 0 aliphatic heterocycles. The molecule has 4 heteroatoms. The van der Waals surface area contributed by atoms with Crippen LogP contribution in [0.5, 0.6) is 0 Å². The van der Waals surface area contributed by atoms with Gasteiger partial charge in [0, 0.05) is 6.54 Å². The largest absolute Gasteiger partial charge is 0.389 e. The summed E-state index contributed by atoms with van der Waals surface area (Å²) in [7, 11) is 0. The molecule has 0 aliphatic carbocycles. The van der Waals surface area contributed by atoms with E-state index in [2.05, 4.69) is 5.32 Å². The first-order valence-corrected chi connectivity index (χ1v) is 6.32. The first kappa shape index (κ1) is 15.1. The van der Waals surface area contributed by atoms with E-state index < -0.39 is 6.10 Å². The molecule has 0 spiro atoms. The quantitative estimate of drug-likeness (QED) is 0.695. The Morgan fingerprint density at radius 1 is 1.28 bits per heavy atom. The van der Waals surface area contributed by atoms with Gasteiger partial charge < -0.3 is 15.2 Å². The van der Waals surface area contributed by atoms with Gasteiger partial charge in [0.25, 0.3) is 0 Å². The fourth-order valence-corrected chi connectivity index (χ4v) is 1.51. The Morgan fingerprint density at radius 3 is 2.56 bits per heavy atom. The second kappa shape index (κ2) is 8.19. The van der Waals surface area contributed by atoms with Crippen molar-refractivity contribution in [1.82, 2.24) is 5.32 Å². The van der Waals surface area contributed by atoms with Crippen molar-refractivity contribution >= 4 is 0 Å². The number of nitrogens with one attached hydrogen (secondary N) is 1. The summed E-state index contributed by atoms with van der Waals surface area (Å²) in [5, 5.41) is 12.7. The molecule has 0 amide bonds. The van der Waals surface area contributed by atoms with E-state index in [0.29, 0.717) is 13.2 Å². The van der Waals surface area contributed by atoms with Crippen LogP contribution in [-0.4, -0.2) is 37.0 Å². The summed E-state index contributed by atoms with van der Waals surface area (Å²) in [5.41, 5.74) is 1.08. The molecule has 2 N–H and O–H groups in total. The molecule has 18 heavy (non-hydrogen) atoms. The van der Waals surface area contributed by atoms with Gasteiger partial charge in [0.2, 0.25) is 0 Å². The van der Waals surface area contributed by atoms with Crippen LogP contribution in [0, 0.1) is 5.82 Å². The lowest BCUT2D eigenvalue weighted by Gasteiger charge is -2.14. The maximum atomic E-state index is 12.7. The highest BCUT2D eigenvalue weighted by atomic mass is 19.1. The van der Waals surface area contributed by atoms with Crippen LogP contribution in [0.2, 0.25) is 0 Å². The van der Waals surface area contributed by atoms with E-state index in [4.69, 9.17) is 4.74 Å². The zero-order valence-corrected chi connectivity index (χ0v) is 11.0. The monoisotopic (exact) mass is 255 g/mol. The van der Waals surface area contributed by atoms with Gasteiger partial charge in [-0.1, -0.05) is 12.1 Å². The van der Waals surface area contributed by atoms with Crippen LogP contribution < -0.4 is 5.32 Å². The lowest BCUT2D eigenvalue weighted by molar-refractivity contribution is 0.00652. The molecule has 102 valence electrons. The number of aliphatic hydroxyl groups is 1. The predicted molar refractivity (Wildman–Crippen MR) is 70.1 cm³/mol. The summed E-state index contributed by atoms with van der Waals surface area (Å²) in [4.78, 5) is 0. The number of rotatable bonds is 8. The molecule has 0 saturated heterocycles. The highest BCUT2D eigenvalue weighted by molar-refractivity contribution is 5.16. The van der Waals surface area contributed by atoms with Crippen molar-refractivity contribution in [3.63, 3.8) is 0 Å². The number of hydrogen-bond acceptors (Lipinski definition) is 3. The van der Waals surface area contributed by atoms with Gasteiger partial charge in [-0.05, 0) is 44.5 Å². The predicted octanol–water partition coefficient (Wildman–Crippen LogP) is 1.74. The van der Waals surface area contributed by atoms with Crippen molar-refractivity contribution in [2.75, 3.05) is 19.7 Å². The topological polar surface area (TPSA) is 41.5 Å². The number of aliphatic hydroxyl groups excluding tert-OH is 1. The summed E-state index contributed by atoms with van der Waals surface area (Å²) >= 11 is 0. The highest BCUT2D eigenvalue weighted by Crippen LogP contribution is 2.02. The normalized spacial score (nSPS) is 12.9. The van der Waals surface area contributed by atoms with Crippen molar-refractivity contribution < 1.29 is 14.2 Å². The van der Waals surface area contributed by atoms with Crippen molar-refractivity contribution in [2.24, 2.45) is 0 Å². The third-order valence-corrected chi connectivity index (χ3v) is 2.51. The van der Waals surface area contributed by atoms with Crippen molar-refractivity contribution in [2.45, 2.75) is 32.5 Å². The van der Waals surface area contributed by atoms with E-state index in [1.54, 1.807) is 12.1 Å². The minimum atomic E-state index is -0.486. The minimum Gasteiger partial charge on any atom is -0.389 e. The molecule has 1 aromatic carbocycles. The van der Waals surface area contributed by atoms with Gasteiger partial charge in [-0.15, -0.1) is 0 Å². The molecule has 0 saturated carbocycles. The Kier molecular flexibility index (Phi) is 6.86. The fraction of sp³-hybridized carbons (Fsp3) is 0.571. The Bertz CT molecular complexity index is 327. The average molecular weight is 255 g/mol. The molecule has 0 fully saturated rings. The summed E-state index contributed by atoms with van der Waals surface area (Å²) in [6.07, 6.45) is 0.470. The molecule has 1 unspecified atom stereocenters. The lowest BCUT2D eigenvalue weighted by Crippen LogP contribution is -2.32. The molecular weight excluding hydrogens is 233 g/mol. The van der Waals surface area contributed by atoms with E-state index in [1.165, 1.54) is 12.1 Å². The van der Waals surface area contributed by atoms with E-state index in [0.717, 1.165) is 18.5 Å². The van der Waals surface area contributed by atoms with Gasteiger partial charge in [0.05, 0.1) is 18.8 Å². The Balaban J connectivity index is 2.09. The standard InChI is InChI=1S/C14H22FNO2/c1-11(2)18-10-14(17)9-16-8-7-12-3-5-13(15)6-4-12/h3-6,11,14,16-17H,7-10H2,1-2H3. The Morgan fingerprint density at radius 2 is 1.94 bits per heavy atom. The van der Waals surface area contributed by atoms with Crippen molar-refractivity contribution in [1.29, 1.82) is 0 Å². The first-order valence-electron chi connectivity index (χ1n) is 6.32. The van der Waals surface area contributed by atoms with Gasteiger partial charge in [-0.3, -0.25) is 0 Å². The van der Waals surface area contributed by atoms with Crippen LogP contribution in [0.4, 0.5) is 4.39 Å². The van der Waals surface area contributed by atoms with E-state index in [1.807, 2.05) is 13.8 Å². The summed E-state index contributed by atoms with van der Waals surface area (Å²) in [5.74, 6) is -0.215.